The predicted octanol–water partition coefficient (Wildman–Crippen LogP) is 2.88. The summed E-state index contributed by atoms with van der Waals surface area (Å²) in [6.07, 6.45) is 0.581. The van der Waals surface area contributed by atoms with Gasteiger partial charge in [-0.05, 0) is 35.0 Å². The van der Waals surface area contributed by atoms with Gasteiger partial charge in [0.05, 0.1) is 0 Å². The Morgan fingerprint density at radius 2 is 1.80 bits per heavy atom. The Hall–Kier alpha value is -0.410. The van der Waals surface area contributed by atoms with Gasteiger partial charge in [-0.25, -0.2) is 0 Å². The minimum absolute atomic E-state index is 0.182. The number of hydrogen-bond donors (Lipinski definition) is 0. The molecule has 0 amide bonds. The fourth-order valence-corrected chi connectivity index (χ4v) is 4.36. The SMILES string of the molecule is CCc1cccc(-c2ccc(Cl)cc2Cl)c1P([O-])([O-])=S. The van der Waals surface area contributed by atoms with Crippen molar-refractivity contribution in [3.8, 4) is 11.1 Å². The minimum Gasteiger partial charge on any atom is -0.829 e. The second-order valence-electron chi connectivity index (χ2n) is 4.29. The fraction of sp³-hybridized carbons (Fsp3) is 0.143. The van der Waals surface area contributed by atoms with Crippen LogP contribution in [0.3, 0.4) is 0 Å². The van der Waals surface area contributed by atoms with Crippen molar-refractivity contribution < 1.29 is 9.79 Å². The zero-order valence-electron chi connectivity index (χ0n) is 10.6. The van der Waals surface area contributed by atoms with E-state index in [9.17, 15) is 9.79 Å². The number of benzene rings is 2. The number of hydrogen-bond acceptors (Lipinski definition) is 3. The van der Waals surface area contributed by atoms with Gasteiger partial charge < -0.3 is 9.79 Å². The smallest absolute Gasteiger partial charge is 0.0499 e. The highest BCUT2D eigenvalue weighted by atomic mass is 35.5. The van der Waals surface area contributed by atoms with Gasteiger partial charge in [-0.15, -0.1) is 11.8 Å². The first-order chi connectivity index (χ1) is 9.34. The van der Waals surface area contributed by atoms with Crippen LogP contribution in [-0.2, 0) is 18.2 Å². The van der Waals surface area contributed by atoms with Crippen molar-refractivity contribution >= 4 is 46.8 Å². The van der Waals surface area contributed by atoms with Crippen LogP contribution in [0.1, 0.15) is 12.5 Å². The first kappa shape index (κ1) is 16.0. The molecule has 2 rings (SSSR count). The molecule has 0 unspecified atom stereocenters. The third kappa shape index (κ3) is 3.25. The van der Waals surface area contributed by atoms with E-state index in [0.717, 1.165) is 0 Å². The first-order valence-corrected chi connectivity index (χ1v) is 9.34. The molecule has 0 aliphatic heterocycles. The minimum atomic E-state index is -4.07. The average molecular weight is 345 g/mol. The van der Waals surface area contributed by atoms with Crippen molar-refractivity contribution in [1.82, 2.24) is 0 Å². The lowest BCUT2D eigenvalue weighted by Crippen LogP contribution is -2.28. The Labute approximate surface area is 133 Å². The van der Waals surface area contributed by atoms with E-state index >= 15 is 0 Å². The Bertz CT molecular complexity index is 698. The molecule has 0 aliphatic rings. The second kappa shape index (κ2) is 6.15. The maximum Gasteiger partial charge on any atom is 0.0499 e. The molecule has 2 aromatic carbocycles. The average Bonchev–Trinajstić information content (AvgIpc) is 2.36. The van der Waals surface area contributed by atoms with Crippen LogP contribution < -0.4 is 15.1 Å². The summed E-state index contributed by atoms with van der Waals surface area (Å²) < 4.78 is 0. The summed E-state index contributed by atoms with van der Waals surface area (Å²) >= 11 is 16.7. The highest BCUT2D eigenvalue weighted by Crippen LogP contribution is 2.36. The standard InChI is InChI=1S/C14H13Cl2O2PS/c1-2-9-4-3-5-12(14(9)19(17,18)20)11-7-6-10(15)8-13(11)16/h3-8H,2H2,1H3,(H2,17,18,20)/p-2. The molecule has 0 heterocycles. The summed E-state index contributed by atoms with van der Waals surface area (Å²) in [7, 11) is 0. The van der Waals surface area contributed by atoms with E-state index in [0.29, 0.717) is 33.2 Å². The second-order valence-corrected chi connectivity index (χ2v) is 8.02. The normalized spacial score (nSPS) is 11.7. The van der Waals surface area contributed by atoms with Crippen LogP contribution in [0.5, 0.6) is 0 Å². The molecule has 0 saturated heterocycles. The van der Waals surface area contributed by atoms with E-state index in [1.54, 1.807) is 36.4 Å². The zero-order chi connectivity index (χ0) is 14.9. The van der Waals surface area contributed by atoms with Crippen LogP contribution in [0.25, 0.3) is 11.1 Å². The fourth-order valence-electron chi connectivity index (χ4n) is 2.13. The molecule has 106 valence electrons. The Kier molecular flexibility index (Phi) is 4.91. The van der Waals surface area contributed by atoms with Crippen LogP contribution >= 0.6 is 29.7 Å². The Morgan fingerprint density at radius 3 is 2.35 bits per heavy atom. The topological polar surface area (TPSA) is 46.1 Å². The maximum absolute atomic E-state index is 12.0. The van der Waals surface area contributed by atoms with Gasteiger partial charge in [0, 0.05) is 15.6 Å². The quantitative estimate of drug-likeness (QED) is 0.804. The monoisotopic (exact) mass is 344 g/mol. The highest BCUT2D eigenvalue weighted by molar-refractivity contribution is 8.11. The van der Waals surface area contributed by atoms with Crippen molar-refractivity contribution in [1.29, 1.82) is 0 Å². The van der Waals surface area contributed by atoms with E-state index in [2.05, 4.69) is 0 Å². The lowest BCUT2D eigenvalue weighted by atomic mass is 10.0. The summed E-state index contributed by atoms with van der Waals surface area (Å²) in [5, 5.41) is 1.08. The van der Waals surface area contributed by atoms with Crippen LogP contribution in [-0.4, -0.2) is 0 Å². The molecule has 0 aromatic heterocycles. The van der Waals surface area contributed by atoms with Crippen LogP contribution in [0.15, 0.2) is 36.4 Å². The molecule has 0 radical (unpaired) electrons. The molecule has 0 aliphatic carbocycles. The lowest BCUT2D eigenvalue weighted by molar-refractivity contribution is -0.289. The number of rotatable bonds is 3. The van der Waals surface area contributed by atoms with Gasteiger partial charge in [-0.2, -0.15) is 6.49 Å². The summed E-state index contributed by atoms with van der Waals surface area (Å²) in [6.45, 7) is -2.18. The lowest BCUT2D eigenvalue weighted by Gasteiger charge is -2.39. The van der Waals surface area contributed by atoms with Crippen LogP contribution in [0, 0.1) is 0 Å². The van der Waals surface area contributed by atoms with Crippen molar-refractivity contribution in [2.45, 2.75) is 13.3 Å². The van der Waals surface area contributed by atoms with Crippen LogP contribution in [0.2, 0.25) is 10.0 Å². The van der Waals surface area contributed by atoms with Gasteiger partial charge in [0.1, 0.15) is 0 Å². The summed E-state index contributed by atoms with van der Waals surface area (Å²) in [5.41, 5.74) is 1.84. The number of halogens is 2. The molecule has 0 atom stereocenters. The zero-order valence-corrected chi connectivity index (χ0v) is 13.8. The molecule has 6 heteroatoms. The van der Waals surface area contributed by atoms with Crippen LogP contribution in [0.4, 0.5) is 0 Å². The highest BCUT2D eigenvalue weighted by Gasteiger charge is 2.12. The summed E-state index contributed by atoms with van der Waals surface area (Å²) in [5.74, 6) is 0. The molecular formula is C14H11Cl2O2PS-2. The predicted molar refractivity (Wildman–Crippen MR) is 85.2 cm³/mol. The Balaban J connectivity index is 2.77. The van der Waals surface area contributed by atoms with Crippen molar-refractivity contribution in [3.63, 3.8) is 0 Å². The number of aryl methyl sites for hydroxylation is 1. The molecular weight excluding hydrogens is 334 g/mol. The molecule has 0 N–H and O–H groups in total. The summed E-state index contributed by atoms with van der Waals surface area (Å²) in [4.78, 5) is 23.9. The van der Waals surface area contributed by atoms with Crippen molar-refractivity contribution in [3.05, 3.63) is 52.0 Å². The van der Waals surface area contributed by atoms with E-state index in [4.69, 9.17) is 35.0 Å². The molecule has 0 spiro atoms. The van der Waals surface area contributed by atoms with Gasteiger partial charge in [0.2, 0.25) is 0 Å². The van der Waals surface area contributed by atoms with Gasteiger partial charge in [-0.3, -0.25) is 0 Å². The molecule has 0 fully saturated rings. The van der Waals surface area contributed by atoms with E-state index in [-0.39, 0.29) is 5.30 Å². The van der Waals surface area contributed by atoms with Crippen molar-refractivity contribution in [2.75, 3.05) is 0 Å². The molecule has 2 aromatic rings. The van der Waals surface area contributed by atoms with E-state index in [1.165, 1.54) is 0 Å². The van der Waals surface area contributed by atoms with Crippen molar-refractivity contribution in [2.24, 2.45) is 0 Å². The molecule has 20 heavy (non-hydrogen) atoms. The third-order valence-electron chi connectivity index (χ3n) is 3.00. The molecule has 0 bridgehead atoms. The van der Waals surface area contributed by atoms with Gasteiger partial charge in [-0.1, -0.05) is 54.4 Å². The molecule has 0 saturated carbocycles. The molecule has 2 nitrogen and oxygen atoms in total. The summed E-state index contributed by atoms with van der Waals surface area (Å²) in [6, 6.07) is 10.2. The van der Waals surface area contributed by atoms with Gasteiger partial charge >= 0.3 is 0 Å². The van der Waals surface area contributed by atoms with Gasteiger partial charge in [0.15, 0.2) is 0 Å². The maximum atomic E-state index is 12.0. The van der Waals surface area contributed by atoms with E-state index in [1.807, 2.05) is 6.92 Å². The third-order valence-corrected chi connectivity index (χ3v) is 5.17. The Morgan fingerprint density at radius 1 is 1.10 bits per heavy atom. The van der Waals surface area contributed by atoms with Gasteiger partial charge in [0.25, 0.3) is 0 Å². The first-order valence-electron chi connectivity index (χ1n) is 5.94. The largest absolute Gasteiger partial charge is 0.829 e. The van der Waals surface area contributed by atoms with E-state index < -0.39 is 6.49 Å².